The zero-order valence-corrected chi connectivity index (χ0v) is 11.2. The molecular formula is C15H13ClFNO. The number of hydrogen-bond donors (Lipinski definition) is 1. The normalized spacial score (nSPS) is 17.3. The lowest BCUT2D eigenvalue weighted by molar-refractivity contribution is 0.210. The molecule has 0 bridgehead atoms. The Hall–Kier alpha value is -1.74. The van der Waals surface area contributed by atoms with Crippen LogP contribution in [0.1, 0.15) is 17.2 Å². The van der Waals surface area contributed by atoms with Crippen molar-refractivity contribution < 1.29 is 9.13 Å². The maximum absolute atomic E-state index is 13.2. The topological polar surface area (TPSA) is 21.3 Å². The standard InChI is InChI=1S/C15H13ClFNO/c1-9-2-5-13-14(6-9)19-15(8-18-13)10-3-4-12(17)11(16)7-10/h2-7,15,18H,8H2,1H3. The van der Waals surface area contributed by atoms with Crippen LogP contribution >= 0.6 is 11.6 Å². The van der Waals surface area contributed by atoms with Gasteiger partial charge in [0.25, 0.3) is 0 Å². The predicted molar refractivity (Wildman–Crippen MR) is 74.4 cm³/mol. The molecule has 0 saturated heterocycles. The van der Waals surface area contributed by atoms with Crippen LogP contribution in [0.15, 0.2) is 36.4 Å². The highest BCUT2D eigenvalue weighted by atomic mass is 35.5. The molecule has 0 amide bonds. The molecule has 1 N–H and O–H groups in total. The summed E-state index contributed by atoms with van der Waals surface area (Å²) < 4.78 is 19.1. The van der Waals surface area contributed by atoms with Crippen molar-refractivity contribution in [2.75, 3.05) is 11.9 Å². The van der Waals surface area contributed by atoms with Gasteiger partial charge in [-0.25, -0.2) is 4.39 Å². The molecule has 1 heterocycles. The molecule has 4 heteroatoms. The predicted octanol–water partition coefficient (Wildman–Crippen LogP) is 4.33. The Morgan fingerprint density at radius 2 is 2.11 bits per heavy atom. The number of anilines is 1. The van der Waals surface area contributed by atoms with Crippen molar-refractivity contribution in [1.82, 2.24) is 0 Å². The molecule has 2 aromatic carbocycles. The number of nitrogens with one attached hydrogen (secondary N) is 1. The van der Waals surface area contributed by atoms with Gasteiger partial charge in [0.05, 0.1) is 17.3 Å². The van der Waals surface area contributed by atoms with E-state index in [-0.39, 0.29) is 11.1 Å². The molecule has 3 rings (SSSR count). The molecule has 0 fully saturated rings. The van der Waals surface area contributed by atoms with Gasteiger partial charge in [-0.05, 0) is 42.3 Å². The Kier molecular flexibility index (Phi) is 3.07. The fourth-order valence-electron chi connectivity index (χ4n) is 2.17. The summed E-state index contributed by atoms with van der Waals surface area (Å²) in [6.07, 6.45) is -0.160. The highest BCUT2D eigenvalue weighted by molar-refractivity contribution is 6.30. The lowest BCUT2D eigenvalue weighted by Crippen LogP contribution is -2.23. The molecule has 0 aromatic heterocycles. The van der Waals surface area contributed by atoms with Gasteiger partial charge in [-0.15, -0.1) is 0 Å². The maximum atomic E-state index is 13.2. The summed E-state index contributed by atoms with van der Waals surface area (Å²) in [5, 5.41) is 3.43. The quantitative estimate of drug-likeness (QED) is 0.837. The Balaban J connectivity index is 1.90. The Morgan fingerprint density at radius 3 is 2.89 bits per heavy atom. The van der Waals surface area contributed by atoms with Crippen LogP contribution in [0.25, 0.3) is 0 Å². The third kappa shape index (κ3) is 2.38. The first-order chi connectivity index (χ1) is 9.13. The van der Waals surface area contributed by atoms with Crippen molar-refractivity contribution in [3.8, 4) is 5.75 Å². The zero-order valence-electron chi connectivity index (χ0n) is 10.4. The number of ether oxygens (including phenoxy) is 1. The van der Waals surface area contributed by atoms with Crippen molar-refractivity contribution in [3.05, 3.63) is 58.4 Å². The summed E-state index contributed by atoms with van der Waals surface area (Å²) in [5.41, 5.74) is 2.99. The van der Waals surface area contributed by atoms with Crippen molar-refractivity contribution in [3.63, 3.8) is 0 Å². The minimum atomic E-state index is -0.412. The third-order valence-corrected chi connectivity index (χ3v) is 3.49. The summed E-state index contributed by atoms with van der Waals surface area (Å²) in [6.45, 7) is 2.65. The van der Waals surface area contributed by atoms with Crippen LogP contribution in [-0.2, 0) is 0 Å². The highest BCUT2D eigenvalue weighted by Crippen LogP contribution is 2.35. The Bertz CT molecular complexity index is 630. The van der Waals surface area contributed by atoms with Crippen molar-refractivity contribution in [2.24, 2.45) is 0 Å². The molecule has 1 atom stereocenters. The van der Waals surface area contributed by atoms with E-state index in [0.29, 0.717) is 6.54 Å². The lowest BCUT2D eigenvalue weighted by atomic mass is 10.1. The van der Waals surface area contributed by atoms with Gasteiger partial charge in [-0.3, -0.25) is 0 Å². The van der Waals surface area contributed by atoms with E-state index in [0.717, 1.165) is 22.6 Å². The van der Waals surface area contributed by atoms with E-state index < -0.39 is 5.82 Å². The van der Waals surface area contributed by atoms with Crippen LogP contribution in [0.2, 0.25) is 5.02 Å². The van der Waals surface area contributed by atoms with Crippen LogP contribution < -0.4 is 10.1 Å². The zero-order chi connectivity index (χ0) is 13.4. The molecule has 0 radical (unpaired) electrons. The van der Waals surface area contributed by atoms with E-state index in [1.54, 1.807) is 12.1 Å². The number of halogens is 2. The number of benzene rings is 2. The molecule has 0 aliphatic carbocycles. The summed E-state index contributed by atoms with van der Waals surface area (Å²) in [4.78, 5) is 0. The van der Waals surface area contributed by atoms with Crippen LogP contribution in [0.3, 0.4) is 0 Å². The van der Waals surface area contributed by atoms with Crippen molar-refractivity contribution in [1.29, 1.82) is 0 Å². The molecule has 1 unspecified atom stereocenters. The van der Waals surface area contributed by atoms with E-state index >= 15 is 0 Å². The average molecular weight is 278 g/mol. The molecule has 98 valence electrons. The van der Waals surface area contributed by atoms with Crippen LogP contribution in [0.5, 0.6) is 5.75 Å². The Labute approximate surface area is 116 Å². The van der Waals surface area contributed by atoms with E-state index in [4.69, 9.17) is 16.3 Å². The van der Waals surface area contributed by atoms with Crippen LogP contribution in [0, 0.1) is 12.7 Å². The summed E-state index contributed by atoms with van der Waals surface area (Å²) in [5.74, 6) is 0.405. The maximum Gasteiger partial charge on any atom is 0.143 e. The van der Waals surface area contributed by atoms with Gasteiger partial charge in [-0.2, -0.15) is 0 Å². The smallest absolute Gasteiger partial charge is 0.143 e. The number of fused-ring (bicyclic) bond motifs is 1. The Morgan fingerprint density at radius 1 is 1.26 bits per heavy atom. The van der Waals surface area contributed by atoms with Gasteiger partial charge in [0.15, 0.2) is 0 Å². The second-order valence-corrected chi connectivity index (χ2v) is 5.07. The summed E-state index contributed by atoms with van der Waals surface area (Å²) >= 11 is 5.81. The first-order valence-corrected chi connectivity index (χ1v) is 6.47. The first kappa shape index (κ1) is 12.3. The third-order valence-electron chi connectivity index (χ3n) is 3.20. The van der Waals surface area contributed by atoms with E-state index in [1.165, 1.54) is 6.07 Å². The van der Waals surface area contributed by atoms with Crippen molar-refractivity contribution >= 4 is 17.3 Å². The average Bonchev–Trinajstić information content (AvgIpc) is 2.41. The molecule has 19 heavy (non-hydrogen) atoms. The molecule has 0 spiro atoms. The van der Waals surface area contributed by atoms with E-state index in [2.05, 4.69) is 5.32 Å². The monoisotopic (exact) mass is 277 g/mol. The van der Waals surface area contributed by atoms with E-state index in [9.17, 15) is 4.39 Å². The summed E-state index contributed by atoms with van der Waals surface area (Å²) in [6, 6.07) is 10.7. The minimum absolute atomic E-state index is 0.121. The van der Waals surface area contributed by atoms with Crippen LogP contribution in [0.4, 0.5) is 10.1 Å². The van der Waals surface area contributed by atoms with Gasteiger partial charge >= 0.3 is 0 Å². The summed E-state index contributed by atoms with van der Waals surface area (Å²) in [7, 11) is 0. The fourth-order valence-corrected chi connectivity index (χ4v) is 2.36. The number of hydrogen-bond acceptors (Lipinski definition) is 2. The second kappa shape index (κ2) is 4.74. The molecule has 2 nitrogen and oxygen atoms in total. The van der Waals surface area contributed by atoms with Gasteiger partial charge in [0, 0.05) is 0 Å². The van der Waals surface area contributed by atoms with Crippen molar-refractivity contribution in [2.45, 2.75) is 13.0 Å². The van der Waals surface area contributed by atoms with Crippen LogP contribution in [-0.4, -0.2) is 6.54 Å². The SMILES string of the molecule is Cc1ccc2c(c1)OC(c1ccc(F)c(Cl)c1)CN2. The van der Waals surface area contributed by atoms with Gasteiger partial charge in [-0.1, -0.05) is 23.7 Å². The minimum Gasteiger partial charge on any atom is -0.482 e. The number of rotatable bonds is 1. The van der Waals surface area contributed by atoms with Gasteiger partial charge in [0.2, 0.25) is 0 Å². The second-order valence-electron chi connectivity index (χ2n) is 4.66. The molecule has 1 aliphatic rings. The van der Waals surface area contributed by atoms with E-state index in [1.807, 2.05) is 25.1 Å². The molecular weight excluding hydrogens is 265 g/mol. The first-order valence-electron chi connectivity index (χ1n) is 6.09. The fraction of sp³-hybridized carbons (Fsp3) is 0.200. The molecule has 0 saturated carbocycles. The largest absolute Gasteiger partial charge is 0.482 e. The molecule has 2 aromatic rings. The van der Waals surface area contributed by atoms with Gasteiger partial charge in [0.1, 0.15) is 17.7 Å². The lowest BCUT2D eigenvalue weighted by Gasteiger charge is -2.28. The highest BCUT2D eigenvalue weighted by Gasteiger charge is 2.21. The number of aryl methyl sites for hydroxylation is 1. The molecule has 1 aliphatic heterocycles. The van der Waals surface area contributed by atoms with Gasteiger partial charge < -0.3 is 10.1 Å².